The maximum Gasteiger partial charge on any atom is 0.0831 e. The van der Waals surface area contributed by atoms with Crippen molar-refractivity contribution in [2.45, 2.75) is 45.3 Å². The van der Waals surface area contributed by atoms with Crippen LogP contribution < -0.4 is 0 Å². The number of hydrogen-bond acceptors (Lipinski definition) is 3. The molecule has 3 heteroatoms. The Bertz CT molecular complexity index is 246. The van der Waals surface area contributed by atoms with Crippen molar-refractivity contribution in [1.82, 2.24) is 0 Å². The van der Waals surface area contributed by atoms with E-state index in [1.807, 2.05) is 13.0 Å². The minimum atomic E-state index is -0.336. The fourth-order valence-corrected chi connectivity index (χ4v) is 2.37. The largest absolute Gasteiger partial charge is 0.390 e. The van der Waals surface area contributed by atoms with E-state index in [0.717, 1.165) is 19.3 Å². The van der Waals surface area contributed by atoms with Crippen molar-refractivity contribution in [3.8, 4) is 0 Å². The van der Waals surface area contributed by atoms with Gasteiger partial charge in [-0.15, -0.1) is 11.3 Å². The zero-order valence-corrected chi connectivity index (χ0v) is 10.3. The van der Waals surface area contributed by atoms with Gasteiger partial charge in [0.05, 0.1) is 12.2 Å². The first-order chi connectivity index (χ1) is 7.27. The lowest BCUT2D eigenvalue weighted by atomic mass is 10.1. The SMILES string of the molecule is CCOC(CC)C(O)CCc1cccs1. The van der Waals surface area contributed by atoms with E-state index in [1.54, 1.807) is 11.3 Å². The van der Waals surface area contributed by atoms with Gasteiger partial charge in [0, 0.05) is 11.5 Å². The summed E-state index contributed by atoms with van der Waals surface area (Å²) in [5, 5.41) is 12.0. The average Bonchev–Trinajstić information content (AvgIpc) is 2.75. The Labute approximate surface area is 95.9 Å². The molecule has 0 aromatic carbocycles. The minimum absolute atomic E-state index is 0.00466. The zero-order chi connectivity index (χ0) is 11.1. The standard InChI is InChI=1S/C12H20O2S/c1-3-12(14-4-2)11(13)8-7-10-6-5-9-15-10/h5-6,9,11-13H,3-4,7-8H2,1-2H3. The monoisotopic (exact) mass is 228 g/mol. The topological polar surface area (TPSA) is 29.5 Å². The van der Waals surface area contributed by atoms with E-state index in [0.29, 0.717) is 6.61 Å². The lowest BCUT2D eigenvalue weighted by Crippen LogP contribution is -2.28. The molecule has 2 atom stereocenters. The van der Waals surface area contributed by atoms with Crippen LogP contribution in [-0.2, 0) is 11.2 Å². The van der Waals surface area contributed by atoms with Gasteiger partial charge in [-0.3, -0.25) is 0 Å². The van der Waals surface area contributed by atoms with Crippen LogP contribution in [0.1, 0.15) is 31.6 Å². The summed E-state index contributed by atoms with van der Waals surface area (Å²) in [5.41, 5.74) is 0. The van der Waals surface area contributed by atoms with E-state index >= 15 is 0 Å². The van der Waals surface area contributed by atoms with Gasteiger partial charge in [-0.05, 0) is 37.6 Å². The van der Waals surface area contributed by atoms with Gasteiger partial charge in [0.25, 0.3) is 0 Å². The summed E-state index contributed by atoms with van der Waals surface area (Å²) in [4.78, 5) is 1.33. The second kappa shape index (κ2) is 6.99. The molecular weight excluding hydrogens is 208 g/mol. The number of ether oxygens (including phenoxy) is 1. The van der Waals surface area contributed by atoms with Gasteiger partial charge in [0.15, 0.2) is 0 Å². The summed E-state index contributed by atoms with van der Waals surface area (Å²) < 4.78 is 5.48. The summed E-state index contributed by atoms with van der Waals surface area (Å²) >= 11 is 1.75. The van der Waals surface area contributed by atoms with E-state index in [2.05, 4.69) is 18.4 Å². The maximum absolute atomic E-state index is 9.92. The second-order valence-corrected chi connectivity index (χ2v) is 4.62. The van der Waals surface area contributed by atoms with E-state index < -0.39 is 0 Å². The van der Waals surface area contributed by atoms with Crippen LogP contribution in [0.15, 0.2) is 17.5 Å². The minimum Gasteiger partial charge on any atom is -0.390 e. The van der Waals surface area contributed by atoms with Crippen LogP contribution in [0.2, 0.25) is 0 Å². The van der Waals surface area contributed by atoms with Gasteiger partial charge in [-0.1, -0.05) is 13.0 Å². The first kappa shape index (κ1) is 12.7. The van der Waals surface area contributed by atoms with Crippen molar-refractivity contribution < 1.29 is 9.84 Å². The third kappa shape index (κ3) is 4.33. The molecule has 0 aliphatic carbocycles. The van der Waals surface area contributed by atoms with Crippen molar-refractivity contribution >= 4 is 11.3 Å². The van der Waals surface area contributed by atoms with Gasteiger partial charge in [-0.25, -0.2) is 0 Å². The molecule has 2 unspecified atom stereocenters. The van der Waals surface area contributed by atoms with Crippen LogP contribution in [-0.4, -0.2) is 23.9 Å². The highest BCUT2D eigenvalue weighted by Gasteiger charge is 2.17. The molecular formula is C12H20O2S. The highest BCUT2D eigenvalue weighted by Crippen LogP contribution is 2.15. The van der Waals surface area contributed by atoms with E-state index in [9.17, 15) is 5.11 Å². The molecule has 0 aliphatic heterocycles. The van der Waals surface area contributed by atoms with E-state index in [4.69, 9.17) is 4.74 Å². The van der Waals surface area contributed by atoms with Crippen molar-refractivity contribution in [2.24, 2.45) is 0 Å². The predicted molar refractivity (Wildman–Crippen MR) is 64.4 cm³/mol. The molecule has 2 nitrogen and oxygen atoms in total. The summed E-state index contributed by atoms with van der Waals surface area (Å²) in [6.45, 7) is 4.69. The van der Waals surface area contributed by atoms with Crippen LogP contribution in [0.3, 0.4) is 0 Å². The molecule has 0 amide bonds. The smallest absolute Gasteiger partial charge is 0.0831 e. The Morgan fingerprint density at radius 2 is 2.27 bits per heavy atom. The maximum atomic E-state index is 9.92. The number of thiophene rings is 1. The van der Waals surface area contributed by atoms with Crippen molar-refractivity contribution in [1.29, 1.82) is 0 Å². The highest BCUT2D eigenvalue weighted by molar-refractivity contribution is 7.09. The average molecular weight is 228 g/mol. The molecule has 0 saturated heterocycles. The van der Waals surface area contributed by atoms with Crippen LogP contribution >= 0.6 is 11.3 Å². The lowest BCUT2D eigenvalue weighted by molar-refractivity contribution is -0.0369. The number of hydrogen-bond donors (Lipinski definition) is 1. The summed E-state index contributed by atoms with van der Waals surface area (Å²) in [5.74, 6) is 0. The zero-order valence-electron chi connectivity index (χ0n) is 9.48. The number of aliphatic hydroxyl groups excluding tert-OH is 1. The highest BCUT2D eigenvalue weighted by atomic mass is 32.1. The first-order valence-corrected chi connectivity index (χ1v) is 6.47. The molecule has 1 N–H and O–H groups in total. The van der Waals surface area contributed by atoms with Crippen molar-refractivity contribution in [3.05, 3.63) is 22.4 Å². The molecule has 0 bridgehead atoms. The van der Waals surface area contributed by atoms with Crippen LogP contribution in [0.5, 0.6) is 0 Å². The quantitative estimate of drug-likeness (QED) is 0.777. The molecule has 86 valence electrons. The fraction of sp³-hybridized carbons (Fsp3) is 0.667. The fourth-order valence-electron chi connectivity index (χ4n) is 1.65. The third-order valence-corrected chi connectivity index (χ3v) is 3.42. The van der Waals surface area contributed by atoms with E-state index in [1.165, 1.54) is 4.88 Å². The predicted octanol–water partition coefficient (Wildman–Crippen LogP) is 2.86. The van der Waals surface area contributed by atoms with Gasteiger partial charge >= 0.3 is 0 Å². The van der Waals surface area contributed by atoms with Crippen molar-refractivity contribution in [2.75, 3.05) is 6.61 Å². The number of aliphatic hydroxyl groups is 1. The lowest BCUT2D eigenvalue weighted by Gasteiger charge is -2.21. The van der Waals surface area contributed by atoms with Gasteiger partial charge < -0.3 is 9.84 Å². The molecule has 1 rings (SSSR count). The summed E-state index contributed by atoms with van der Waals surface area (Å²) in [6.07, 6.45) is 2.27. The Morgan fingerprint density at radius 3 is 2.80 bits per heavy atom. The molecule has 1 aromatic heterocycles. The summed E-state index contributed by atoms with van der Waals surface area (Å²) in [6, 6.07) is 4.16. The van der Waals surface area contributed by atoms with Gasteiger partial charge in [-0.2, -0.15) is 0 Å². The normalized spacial score (nSPS) is 15.1. The van der Waals surface area contributed by atoms with Crippen molar-refractivity contribution in [3.63, 3.8) is 0 Å². The number of aryl methyl sites for hydroxylation is 1. The van der Waals surface area contributed by atoms with Crippen LogP contribution in [0.25, 0.3) is 0 Å². The van der Waals surface area contributed by atoms with Crippen LogP contribution in [0, 0.1) is 0 Å². The van der Waals surface area contributed by atoms with Gasteiger partial charge in [0.1, 0.15) is 0 Å². The molecule has 1 aromatic rings. The Morgan fingerprint density at radius 1 is 1.47 bits per heavy atom. The van der Waals surface area contributed by atoms with Crippen LogP contribution in [0.4, 0.5) is 0 Å². The molecule has 0 fully saturated rings. The third-order valence-electron chi connectivity index (χ3n) is 2.48. The molecule has 0 radical (unpaired) electrons. The molecule has 0 aliphatic rings. The summed E-state index contributed by atoms with van der Waals surface area (Å²) in [7, 11) is 0. The Balaban J connectivity index is 2.30. The Kier molecular flexibility index (Phi) is 5.91. The molecule has 0 saturated carbocycles. The molecule has 1 heterocycles. The molecule has 15 heavy (non-hydrogen) atoms. The first-order valence-electron chi connectivity index (χ1n) is 5.60. The molecule has 0 spiro atoms. The Hall–Kier alpha value is -0.380. The number of rotatable bonds is 7. The van der Waals surface area contributed by atoms with E-state index in [-0.39, 0.29) is 12.2 Å². The second-order valence-electron chi connectivity index (χ2n) is 3.59. The van der Waals surface area contributed by atoms with Gasteiger partial charge in [0.2, 0.25) is 0 Å².